The molecule has 0 unspecified atom stereocenters. The second-order valence-corrected chi connectivity index (χ2v) is 7.47. The fourth-order valence-electron chi connectivity index (χ4n) is 3.45. The van der Waals surface area contributed by atoms with E-state index in [4.69, 9.17) is 9.47 Å². The first kappa shape index (κ1) is 15.1. The summed E-state index contributed by atoms with van der Waals surface area (Å²) < 4.78 is 12.0. The average Bonchev–Trinajstić information content (AvgIpc) is 2.92. The van der Waals surface area contributed by atoms with Crippen LogP contribution in [-0.4, -0.2) is 46.3 Å². The summed E-state index contributed by atoms with van der Waals surface area (Å²) in [6.07, 6.45) is 5.41. The first-order valence-electron chi connectivity index (χ1n) is 8.05. The Morgan fingerprint density at radius 2 is 2.22 bits per heavy atom. The third-order valence-corrected chi connectivity index (χ3v) is 5.63. The van der Waals surface area contributed by atoms with Gasteiger partial charge in [0.2, 0.25) is 0 Å². The van der Waals surface area contributed by atoms with Gasteiger partial charge in [-0.1, -0.05) is 0 Å². The first-order chi connectivity index (χ1) is 11.2. The normalized spacial score (nSPS) is 23.6. The quantitative estimate of drug-likeness (QED) is 0.862. The van der Waals surface area contributed by atoms with Crippen LogP contribution in [0.3, 0.4) is 0 Å². The summed E-state index contributed by atoms with van der Waals surface area (Å²) in [5.74, 6) is 0. The minimum Gasteiger partial charge on any atom is -0.460 e. The van der Waals surface area contributed by atoms with E-state index in [2.05, 4.69) is 33.2 Å². The molecule has 4 rings (SSSR count). The lowest BCUT2D eigenvalue weighted by atomic mass is 9.84. The third-order valence-electron chi connectivity index (χ3n) is 4.62. The van der Waals surface area contributed by atoms with Gasteiger partial charge in [-0.3, -0.25) is 4.90 Å². The maximum Gasteiger partial charge on any atom is 0.316 e. The zero-order valence-electron chi connectivity index (χ0n) is 13.3. The summed E-state index contributed by atoms with van der Waals surface area (Å²) in [5, 5.41) is 2.17. The minimum absolute atomic E-state index is 0.0388. The van der Waals surface area contributed by atoms with Gasteiger partial charge < -0.3 is 9.47 Å². The number of aromatic nitrogens is 2. The van der Waals surface area contributed by atoms with Crippen molar-refractivity contribution in [2.24, 2.45) is 0 Å². The predicted molar refractivity (Wildman–Crippen MR) is 88.7 cm³/mol. The van der Waals surface area contributed by atoms with Crippen LogP contribution in [0.4, 0.5) is 0 Å². The lowest BCUT2D eigenvalue weighted by Crippen LogP contribution is -2.65. The Labute approximate surface area is 140 Å². The van der Waals surface area contributed by atoms with Gasteiger partial charge in [0.15, 0.2) is 0 Å². The molecule has 4 heterocycles. The Balaban J connectivity index is 1.33. The number of aryl methyl sites for hydroxylation is 1. The molecule has 0 saturated carbocycles. The van der Waals surface area contributed by atoms with Gasteiger partial charge in [0.1, 0.15) is 6.10 Å². The van der Waals surface area contributed by atoms with E-state index < -0.39 is 0 Å². The van der Waals surface area contributed by atoms with E-state index in [-0.39, 0.29) is 11.7 Å². The Morgan fingerprint density at radius 3 is 2.96 bits per heavy atom. The van der Waals surface area contributed by atoms with Crippen molar-refractivity contribution >= 4 is 11.3 Å². The third kappa shape index (κ3) is 3.24. The number of hydrogen-bond donors (Lipinski definition) is 0. The lowest BCUT2D eigenvalue weighted by Gasteiger charge is -2.53. The van der Waals surface area contributed by atoms with Crippen molar-refractivity contribution in [2.45, 2.75) is 38.0 Å². The highest BCUT2D eigenvalue weighted by molar-refractivity contribution is 7.10. The summed E-state index contributed by atoms with van der Waals surface area (Å²) in [5.41, 5.74) is 1.35. The minimum atomic E-state index is -0.0388. The van der Waals surface area contributed by atoms with Gasteiger partial charge in [0.25, 0.3) is 0 Å². The van der Waals surface area contributed by atoms with Crippen LogP contribution < -0.4 is 4.74 Å². The molecule has 2 aliphatic rings. The van der Waals surface area contributed by atoms with Crippen molar-refractivity contribution < 1.29 is 9.47 Å². The molecule has 2 aliphatic heterocycles. The Morgan fingerprint density at radius 1 is 1.39 bits per heavy atom. The number of rotatable bonds is 4. The van der Waals surface area contributed by atoms with Crippen LogP contribution >= 0.6 is 11.3 Å². The fourth-order valence-corrected chi connectivity index (χ4v) is 4.40. The van der Waals surface area contributed by atoms with Crippen molar-refractivity contribution in [1.29, 1.82) is 0 Å². The van der Waals surface area contributed by atoms with E-state index >= 15 is 0 Å². The Hall–Kier alpha value is -1.50. The molecular weight excluding hydrogens is 310 g/mol. The number of nitrogens with zero attached hydrogens (tertiary/aromatic N) is 3. The van der Waals surface area contributed by atoms with Crippen LogP contribution in [0.1, 0.15) is 23.3 Å². The SMILES string of the molecule is Cc1ccsc1CN1CC2(C[C@@H](Oc3ncccn3)CCO2)C1. The molecule has 0 aliphatic carbocycles. The summed E-state index contributed by atoms with van der Waals surface area (Å²) >= 11 is 1.84. The van der Waals surface area contributed by atoms with Crippen molar-refractivity contribution in [2.75, 3.05) is 19.7 Å². The van der Waals surface area contributed by atoms with Crippen molar-refractivity contribution in [3.05, 3.63) is 40.3 Å². The zero-order valence-corrected chi connectivity index (χ0v) is 14.1. The van der Waals surface area contributed by atoms with Gasteiger partial charge in [-0.15, -0.1) is 11.3 Å². The van der Waals surface area contributed by atoms with E-state index in [9.17, 15) is 0 Å². The van der Waals surface area contributed by atoms with E-state index in [1.54, 1.807) is 18.5 Å². The fraction of sp³-hybridized carbons (Fsp3) is 0.529. The molecule has 6 heteroatoms. The second-order valence-electron chi connectivity index (χ2n) is 6.47. The molecule has 0 N–H and O–H groups in total. The van der Waals surface area contributed by atoms with Gasteiger partial charge in [-0.2, -0.15) is 0 Å². The first-order valence-corrected chi connectivity index (χ1v) is 8.93. The zero-order chi connectivity index (χ0) is 15.7. The maximum absolute atomic E-state index is 6.09. The van der Waals surface area contributed by atoms with E-state index in [1.807, 2.05) is 11.3 Å². The predicted octanol–water partition coefficient (Wildman–Crippen LogP) is 2.66. The molecule has 1 spiro atoms. The van der Waals surface area contributed by atoms with Gasteiger partial charge >= 0.3 is 6.01 Å². The number of thiophene rings is 1. The molecule has 0 radical (unpaired) electrons. The van der Waals surface area contributed by atoms with Crippen LogP contribution in [0.25, 0.3) is 0 Å². The summed E-state index contributed by atoms with van der Waals surface area (Å²) in [6, 6.07) is 4.46. The molecule has 0 aromatic carbocycles. The van der Waals surface area contributed by atoms with Gasteiger partial charge in [0.05, 0.1) is 12.2 Å². The monoisotopic (exact) mass is 331 g/mol. The summed E-state index contributed by atoms with van der Waals surface area (Å²) in [6.45, 7) is 5.94. The van der Waals surface area contributed by atoms with Crippen molar-refractivity contribution in [1.82, 2.24) is 14.9 Å². The largest absolute Gasteiger partial charge is 0.460 e. The molecule has 1 atom stereocenters. The molecule has 2 fully saturated rings. The van der Waals surface area contributed by atoms with E-state index in [1.165, 1.54) is 10.4 Å². The molecule has 23 heavy (non-hydrogen) atoms. The number of ether oxygens (including phenoxy) is 2. The van der Waals surface area contributed by atoms with Crippen LogP contribution in [0.2, 0.25) is 0 Å². The van der Waals surface area contributed by atoms with Gasteiger partial charge in [0, 0.05) is 49.7 Å². The number of hydrogen-bond acceptors (Lipinski definition) is 6. The molecule has 2 saturated heterocycles. The standard InChI is InChI=1S/C17H21N3O2S/c1-13-4-8-23-15(13)10-20-11-17(12-20)9-14(3-7-21-17)22-16-18-5-2-6-19-16/h2,4-6,8,14H,3,7,9-12H2,1H3/t14-/m0/s1. The van der Waals surface area contributed by atoms with Crippen molar-refractivity contribution in [3.63, 3.8) is 0 Å². The van der Waals surface area contributed by atoms with Crippen molar-refractivity contribution in [3.8, 4) is 6.01 Å². The van der Waals surface area contributed by atoms with Crippen LogP contribution in [0, 0.1) is 6.92 Å². The Bertz CT molecular complexity index is 655. The molecule has 122 valence electrons. The molecule has 2 aromatic heterocycles. The highest BCUT2D eigenvalue weighted by Crippen LogP contribution is 2.36. The topological polar surface area (TPSA) is 47.5 Å². The van der Waals surface area contributed by atoms with Crippen LogP contribution in [-0.2, 0) is 11.3 Å². The van der Waals surface area contributed by atoms with Crippen LogP contribution in [0.5, 0.6) is 6.01 Å². The molecule has 0 amide bonds. The smallest absolute Gasteiger partial charge is 0.316 e. The van der Waals surface area contributed by atoms with Gasteiger partial charge in [-0.05, 0) is 30.0 Å². The average molecular weight is 331 g/mol. The van der Waals surface area contributed by atoms with E-state index in [0.29, 0.717) is 6.01 Å². The Kier molecular flexibility index (Phi) is 4.05. The van der Waals surface area contributed by atoms with E-state index in [0.717, 1.165) is 39.1 Å². The number of likely N-dealkylation sites (tertiary alicyclic amines) is 1. The maximum atomic E-state index is 6.09. The highest BCUT2D eigenvalue weighted by atomic mass is 32.1. The lowest BCUT2D eigenvalue weighted by molar-refractivity contribution is -0.188. The summed E-state index contributed by atoms with van der Waals surface area (Å²) in [4.78, 5) is 12.2. The highest BCUT2D eigenvalue weighted by Gasteiger charge is 2.48. The second kappa shape index (κ2) is 6.19. The molecule has 0 bridgehead atoms. The summed E-state index contributed by atoms with van der Waals surface area (Å²) in [7, 11) is 0. The molecule has 5 nitrogen and oxygen atoms in total. The van der Waals surface area contributed by atoms with Gasteiger partial charge in [-0.25, -0.2) is 9.97 Å². The molecular formula is C17H21N3O2S. The molecule has 2 aromatic rings. The van der Waals surface area contributed by atoms with Crippen LogP contribution in [0.15, 0.2) is 29.9 Å².